The predicted molar refractivity (Wildman–Crippen MR) is 83.9 cm³/mol. The van der Waals surface area contributed by atoms with Crippen molar-refractivity contribution in [2.45, 2.75) is 12.5 Å². The van der Waals surface area contributed by atoms with Crippen molar-refractivity contribution in [3.8, 4) is 0 Å². The summed E-state index contributed by atoms with van der Waals surface area (Å²) < 4.78 is 1.32. The molecule has 2 aromatic carbocycles. The maximum atomic E-state index is 6.29. The lowest BCUT2D eigenvalue weighted by Gasteiger charge is -2.12. The standard InChI is InChI=1S/C16H14ClNS/c17-13-5-3-4-11(8-13)15(18)9-12-10-19-16-7-2-1-6-14(12)16/h1-8,10,15H,9,18H2. The first-order chi connectivity index (χ1) is 9.24. The van der Waals surface area contributed by atoms with Crippen LogP contribution in [0.2, 0.25) is 5.02 Å². The molecule has 1 atom stereocenters. The van der Waals surface area contributed by atoms with Gasteiger partial charge in [0.2, 0.25) is 0 Å². The zero-order chi connectivity index (χ0) is 13.2. The van der Waals surface area contributed by atoms with Gasteiger partial charge in [-0.3, -0.25) is 0 Å². The van der Waals surface area contributed by atoms with Gasteiger partial charge in [-0.05, 0) is 46.5 Å². The molecule has 0 aliphatic carbocycles. The molecule has 1 aromatic heterocycles. The Kier molecular flexibility index (Phi) is 3.56. The van der Waals surface area contributed by atoms with Crippen molar-refractivity contribution >= 4 is 33.0 Å². The highest BCUT2D eigenvalue weighted by atomic mass is 35.5. The zero-order valence-electron chi connectivity index (χ0n) is 10.3. The van der Waals surface area contributed by atoms with Crippen molar-refractivity contribution in [2.75, 3.05) is 0 Å². The summed E-state index contributed by atoms with van der Waals surface area (Å²) in [6.07, 6.45) is 0.838. The van der Waals surface area contributed by atoms with E-state index in [0.717, 1.165) is 17.0 Å². The number of hydrogen-bond acceptors (Lipinski definition) is 2. The van der Waals surface area contributed by atoms with Crippen molar-refractivity contribution in [2.24, 2.45) is 5.73 Å². The number of halogens is 1. The van der Waals surface area contributed by atoms with Gasteiger partial charge in [-0.15, -0.1) is 11.3 Å². The first kappa shape index (κ1) is 12.7. The lowest BCUT2D eigenvalue weighted by Crippen LogP contribution is -2.12. The average Bonchev–Trinajstić information content (AvgIpc) is 2.82. The highest BCUT2D eigenvalue weighted by Crippen LogP contribution is 2.29. The number of hydrogen-bond donors (Lipinski definition) is 1. The second kappa shape index (κ2) is 5.33. The minimum atomic E-state index is -0.0169. The van der Waals surface area contributed by atoms with Crippen LogP contribution in [-0.2, 0) is 6.42 Å². The molecule has 0 aliphatic rings. The molecule has 0 saturated heterocycles. The summed E-state index contributed by atoms with van der Waals surface area (Å²) in [6.45, 7) is 0. The summed E-state index contributed by atoms with van der Waals surface area (Å²) in [6, 6.07) is 16.2. The molecule has 0 saturated carbocycles. The van der Waals surface area contributed by atoms with Gasteiger partial charge in [0, 0.05) is 15.8 Å². The summed E-state index contributed by atoms with van der Waals surface area (Å²) in [7, 11) is 0. The average molecular weight is 288 g/mol. The number of rotatable bonds is 3. The van der Waals surface area contributed by atoms with Crippen LogP contribution in [0.25, 0.3) is 10.1 Å². The third kappa shape index (κ3) is 2.66. The van der Waals surface area contributed by atoms with Gasteiger partial charge in [0.1, 0.15) is 0 Å². The monoisotopic (exact) mass is 287 g/mol. The lowest BCUT2D eigenvalue weighted by atomic mass is 9.99. The maximum absolute atomic E-state index is 6.29. The lowest BCUT2D eigenvalue weighted by molar-refractivity contribution is 0.727. The van der Waals surface area contributed by atoms with Gasteiger partial charge < -0.3 is 5.73 Å². The molecule has 0 radical (unpaired) electrons. The molecule has 0 amide bonds. The van der Waals surface area contributed by atoms with Crippen LogP contribution in [-0.4, -0.2) is 0 Å². The predicted octanol–water partition coefficient (Wildman–Crippen LogP) is 4.80. The molecular formula is C16H14ClNS. The number of nitrogens with two attached hydrogens (primary N) is 1. The Morgan fingerprint density at radius 1 is 1.11 bits per heavy atom. The Bertz CT molecular complexity index is 705. The van der Waals surface area contributed by atoms with Crippen LogP contribution < -0.4 is 5.73 Å². The Balaban J connectivity index is 1.89. The van der Waals surface area contributed by atoms with Crippen LogP contribution in [0.3, 0.4) is 0 Å². The molecule has 0 aliphatic heterocycles. The van der Waals surface area contributed by atoms with Crippen LogP contribution in [0, 0.1) is 0 Å². The van der Waals surface area contributed by atoms with E-state index in [1.54, 1.807) is 11.3 Å². The van der Waals surface area contributed by atoms with Crippen LogP contribution in [0.5, 0.6) is 0 Å². The summed E-state index contributed by atoms with van der Waals surface area (Å²) in [4.78, 5) is 0. The second-order valence-electron chi connectivity index (χ2n) is 4.62. The van der Waals surface area contributed by atoms with Crippen molar-refractivity contribution in [1.29, 1.82) is 0 Å². The van der Waals surface area contributed by atoms with E-state index in [1.165, 1.54) is 15.6 Å². The largest absolute Gasteiger partial charge is 0.324 e. The van der Waals surface area contributed by atoms with E-state index in [0.29, 0.717) is 0 Å². The molecule has 96 valence electrons. The topological polar surface area (TPSA) is 26.0 Å². The minimum Gasteiger partial charge on any atom is -0.324 e. The fourth-order valence-electron chi connectivity index (χ4n) is 2.28. The summed E-state index contributed by atoms with van der Waals surface area (Å²) in [5.41, 5.74) is 8.69. The molecule has 19 heavy (non-hydrogen) atoms. The molecule has 1 unspecified atom stereocenters. The van der Waals surface area contributed by atoms with E-state index in [-0.39, 0.29) is 6.04 Å². The molecule has 0 spiro atoms. The second-order valence-corrected chi connectivity index (χ2v) is 5.97. The maximum Gasteiger partial charge on any atom is 0.0409 e. The highest BCUT2D eigenvalue weighted by Gasteiger charge is 2.11. The van der Waals surface area contributed by atoms with E-state index in [9.17, 15) is 0 Å². The first-order valence-electron chi connectivity index (χ1n) is 6.20. The third-order valence-corrected chi connectivity index (χ3v) is 4.53. The fraction of sp³-hybridized carbons (Fsp3) is 0.125. The molecule has 1 heterocycles. The number of fused-ring (bicyclic) bond motifs is 1. The van der Waals surface area contributed by atoms with Gasteiger partial charge in [-0.25, -0.2) is 0 Å². The van der Waals surface area contributed by atoms with Crippen molar-refractivity contribution in [3.05, 3.63) is 70.1 Å². The van der Waals surface area contributed by atoms with Gasteiger partial charge >= 0.3 is 0 Å². The normalized spacial score (nSPS) is 12.7. The summed E-state index contributed by atoms with van der Waals surface area (Å²) in [5.74, 6) is 0. The van der Waals surface area contributed by atoms with Crippen LogP contribution in [0.1, 0.15) is 17.2 Å². The Morgan fingerprint density at radius 2 is 1.95 bits per heavy atom. The summed E-state index contributed by atoms with van der Waals surface area (Å²) in [5, 5.41) is 4.25. The van der Waals surface area contributed by atoms with Gasteiger partial charge in [0.05, 0.1) is 0 Å². The van der Waals surface area contributed by atoms with Gasteiger partial charge in [-0.2, -0.15) is 0 Å². The van der Waals surface area contributed by atoms with E-state index in [4.69, 9.17) is 17.3 Å². The zero-order valence-corrected chi connectivity index (χ0v) is 11.9. The fourth-order valence-corrected chi connectivity index (χ4v) is 3.46. The highest BCUT2D eigenvalue weighted by molar-refractivity contribution is 7.17. The molecule has 1 nitrogen and oxygen atoms in total. The van der Waals surface area contributed by atoms with Gasteiger partial charge in [0.15, 0.2) is 0 Å². The van der Waals surface area contributed by atoms with Gasteiger partial charge in [-0.1, -0.05) is 41.9 Å². The van der Waals surface area contributed by atoms with Crippen LogP contribution in [0.4, 0.5) is 0 Å². The number of thiophene rings is 1. The van der Waals surface area contributed by atoms with Crippen molar-refractivity contribution in [3.63, 3.8) is 0 Å². The van der Waals surface area contributed by atoms with E-state index >= 15 is 0 Å². The van der Waals surface area contributed by atoms with E-state index in [2.05, 4.69) is 29.6 Å². The van der Waals surface area contributed by atoms with E-state index in [1.807, 2.05) is 24.3 Å². The summed E-state index contributed by atoms with van der Waals surface area (Å²) >= 11 is 7.79. The Morgan fingerprint density at radius 3 is 2.79 bits per heavy atom. The smallest absolute Gasteiger partial charge is 0.0409 e. The van der Waals surface area contributed by atoms with Gasteiger partial charge in [0.25, 0.3) is 0 Å². The number of benzene rings is 2. The molecule has 0 bridgehead atoms. The molecule has 3 rings (SSSR count). The molecule has 0 fully saturated rings. The molecule has 3 aromatic rings. The third-order valence-electron chi connectivity index (χ3n) is 3.28. The quantitative estimate of drug-likeness (QED) is 0.736. The SMILES string of the molecule is NC(Cc1csc2ccccc12)c1cccc(Cl)c1. The van der Waals surface area contributed by atoms with Crippen LogP contribution in [0.15, 0.2) is 53.9 Å². The molecular weight excluding hydrogens is 274 g/mol. The van der Waals surface area contributed by atoms with Crippen LogP contribution >= 0.6 is 22.9 Å². The Hall–Kier alpha value is -1.35. The molecule has 2 N–H and O–H groups in total. The Labute approximate surface area is 121 Å². The van der Waals surface area contributed by atoms with Crippen molar-refractivity contribution < 1.29 is 0 Å². The van der Waals surface area contributed by atoms with Crippen molar-refractivity contribution in [1.82, 2.24) is 0 Å². The minimum absolute atomic E-state index is 0.0169. The van der Waals surface area contributed by atoms with E-state index < -0.39 is 0 Å². The molecule has 3 heteroatoms. The first-order valence-corrected chi connectivity index (χ1v) is 7.46.